The Kier molecular flexibility index (Phi) is 5.91. The number of likely N-dealkylation sites (tertiary alicyclic amines) is 2. The summed E-state index contributed by atoms with van der Waals surface area (Å²) in [5.41, 5.74) is 2.78. The van der Waals surface area contributed by atoms with E-state index in [2.05, 4.69) is 28.0 Å². The fraction of sp³-hybridized carbons (Fsp3) is 0.462. The zero-order valence-electron chi connectivity index (χ0n) is 19.4. The molecule has 0 amide bonds. The van der Waals surface area contributed by atoms with Gasteiger partial charge in [0.15, 0.2) is 5.78 Å². The molecule has 2 saturated heterocycles. The molecule has 1 aromatic heterocycles. The van der Waals surface area contributed by atoms with Crippen LogP contribution in [0.5, 0.6) is 0 Å². The number of carbonyl (C=O) groups is 1. The molecule has 0 atom stereocenters. The highest BCUT2D eigenvalue weighted by atomic mass is 16.1. The van der Waals surface area contributed by atoms with Gasteiger partial charge in [-0.2, -0.15) is 0 Å². The maximum atomic E-state index is 13.1. The Labute approximate surface area is 196 Å². The van der Waals surface area contributed by atoms with Gasteiger partial charge in [-0.15, -0.1) is 0 Å². The van der Waals surface area contributed by atoms with Gasteiger partial charge in [-0.05, 0) is 56.3 Å². The Morgan fingerprint density at radius 1 is 1.03 bits per heavy atom. The van der Waals surface area contributed by atoms with Gasteiger partial charge in [-0.25, -0.2) is 4.68 Å². The average Bonchev–Trinajstić information content (AvgIpc) is 3.30. The van der Waals surface area contributed by atoms with Gasteiger partial charge in [-0.1, -0.05) is 30.4 Å². The molecule has 2 aromatic rings. The number of Topliss-reactive ketones (excluding diaryl/α,β-unsaturated/α-hetero) is 1. The summed E-state index contributed by atoms with van der Waals surface area (Å²) in [5, 5.41) is 0. The van der Waals surface area contributed by atoms with E-state index >= 15 is 0 Å². The summed E-state index contributed by atoms with van der Waals surface area (Å²) in [6.07, 6.45) is 10.8. The number of piperidine rings is 1. The molecule has 1 aromatic carbocycles. The Morgan fingerprint density at radius 3 is 2.45 bits per heavy atom. The lowest BCUT2D eigenvalue weighted by Crippen LogP contribution is -2.55. The van der Waals surface area contributed by atoms with Crippen LogP contribution >= 0.6 is 0 Å². The maximum absolute atomic E-state index is 13.1. The van der Waals surface area contributed by atoms with Crippen LogP contribution in [-0.2, 0) is 17.9 Å². The summed E-state index contributed by atoms with van der Waals surface area (Å²) in [6, 6.07) is 9.65. The van der Waals surface area contributed by atoms with Crippen molar-refractivity contribution in [2.24, 2.45) is 0 Å². The summed E-state index contributed by atoms with van der Waals surface area (Å²) in [6.45, 7) is 5.78. The van der Waals surface area contributed by atoms with Crippen molar-refractivity contribution in [1.29, 1.82) is 0 Å². The molecule has 6 nitrogen and oxygen atoms in total. The molecule has 2 aliphatic heterocycles. The molecule has 1 aliphatic carbocycles. The Balaban J connectivity index is 1.37. The van der Waals surface area contributed by atoms with Gasteiger partial charge in [0.2, 0.25) is 0 Å². The first-order chi connectivity index (χ1) is 16.0. The van der Waals surface area contributed by atoms with E-state index < -0.39 is 0 Å². The summed E-state index contributed by atoms with van der Waals surface area (Å²) in [5.74, 6) is 0.387. The number of aromatic nitrogens is 2. The third kappa shape index (κ3) is 3.72. The summed E-state index contributed by atoms with van der Waals surface area (Å²) < 4.78 is 3.67. The Hall–Kier alpha value is -2.80. The third-order valence-electron chi connectivity index (χ3n) is 7.58. The van der Waals surface area contributed by atoms with Crippen LogP contribution in [-0.4, -0.2) is 58.0 Å². The van der Waals surface area contributed by atoms with Gasteiger partial charge in [0.1, 0.15) is 13.4 Å². The van der Waals surface area contributed by atoms with Crippen LogP contribution in [0.15, 0.2) is 59.1 Å². The van der Waals surface area contributed by atoms with Gasteiger partial charge in [0.25, 0.3) is 5.56 Å². The average molecular weight is 442 g/mol. The van der Waals surface area contributed by atoms with E-state index in [1.807, 2.05) is 41.9 Å². The highest BCUT2D eigenvalue weighted by Crippen LogP contribution is 2.40. The molecule has 2 fully saturated rings. The number of nitrogens with zero attached hydrogens (tertiary/aromatic N) is 4. The van der Waals surface area contributed by atoms with Gasteiger partial charge in [0, 0.05) is 50.5 Å². The summed E-state index contributed by atoms with van der Waals surface area (Å²) in [4.78, 5) is 30.8. The Morgan fingerprint density at radius 2 is 1.79 bits per heavy atom. The lowest BCUT2D eigenvalue weighted by atomic mass is 9.83. The molecule has 2 radical (unpaired) electrons. The fourth-order valence-electron chi connectivity index (χ4n) is 5.82. The molecule has 3 heterocycles. The quantitative estimate of drug-likeness (QED) is 0.667. The van der Waals surface area contributed by atoms with E-state index in [0.717, 1.165) is 56.7 Å². The number of rotatable bonds is 5. The minimum Gasteiger partial charge on any atom is -0.362 e. The van der Waals surface area contributed by atoms with Crippen LogP contribution in [0.2, 0.25) is 0 Å². The molecule has 3 aliphatic rings. The van der Waals surface area contributed by atoms with Gasteiger partial charge in [0.05, 0.1) is 5.69 Å². The molecule has 170 valence electrons. The minimum atomic E-state index is -0.362. The van der Waals surface area contributed by atoms with E-state index in [4.69, 9.17) is 7.85 Å². The number of allylic oxidation sites excluding steroid dienone is 4. The predicted molar refractivity (Wildman–Crippen MR) is 131 cm³/mol. The van der Waals surface area contributed by atoms with E-state index in [-0.39, 0.29) is 11.1 Å². The second-order valence-corrected chi connectivity index (χ2v) is 9.29. The first kappa shape index (κ1) is 22.0. The lowest BCUT2D eigenvalue weighted by Gasteiger charge is -2.46. The van der Waals surface area contributed by atoms with Crippen LogP contribution < -0.4 is 11.0 Å². The van der Waals surface area contributed by atoms with E-state index in [1.54, 1.807) is 4.68 Å². The van der Waals surface area contributed by atoms with Crippen LogP contribution in [0.4, 0.5) is 0 Å². The van der Waals surface area contributed by atoms with Crippen LogP contribution in [0.25, 0.3) is 5.69 Å². The van der Waals surface area contributed by atoms with E-state index in [1.165, 1.54) is 5.70 Å². The van der Waals surface area contributed by atoms with Gasteiger partial charge >= 0.3 is 0 Å². The summed E-state index contributed by atoms with van der Waals surface area (Å²) in [7, 11) is 6.33. The highest BCUT2D eigenvalue weighted by molar-refractivity contribution is 6.33. The predicted octanol–water partition coefficient (Wildman–Crippen LogP) is 2.30. The number of hydrogen-bond acceptors (Lipinski definition) is 4. The lowest BCUT2D eigenvalue weighted by molar-refractivity contribution is -0.127. The molecule has 7 heteroatoms. The van der Waals surface area contributed by atoms with Crippen molar-refractivity contribution in [3.63, 3.8) is 0 Å². The third-order valence-corrected chi connectivity index (χ3v) is 7.58. The van der Waals surface area contributed by atoms with Gasteiger partial charge in [-0.3, -0.25) is 19.2 Å². The van der Waals surface area contributed by atoms with Crippen molar-refractivity contribution in [3.05, 3.63) is 70.3 Å². The second-order valence-electron chi connectivity index (χ2n) is 9.29. The van der Waals surface area contributed by atoms with Crippen molar-refractivity contribution >= 4 is 19.1 Å². The molecule has 0 N–H and O–H groups in total. The molecule has 0 unspecified atom stereocenters. The normalized spacial score (nSPS) is 20.6. The van der Waals surface area contributed by atoms with Crippen molar-refractivity contribution in [2.75, 3.05) is 19.6 Å². The molecule has 1 spiro atoms. The fourth-order valence-corrected chi connectivity index (χ4v) is 5.82. The number of hydrogen-bond donors (Lipinski definition) is 0. The second kappa shape index (κ2) is 8.86. The van der Waals surface area contributed by atoms with Crippen LogP contribution in [0.3, 0.4) is 0 Å². The number of benzene rings is 1. The summed E-state index contributed by atoms with van der Waals surface area (Å²) >= 11 is 0. The zero-order chi connectivity index (χ0) is 23.0. The highest BCUT2D eigenvalue weighted by Gasteiger charge is 2.50. The standard InChI is InChI=1S/C26H31BN4O2/c1-2-30-22(24(27)25(33)31(30)21-11-7-4-8-12-21)19-28-17-14-26(15-18-28)23(32)13-16-29(26)20-9-5-3-6-10-20/h3-5,7-9,11-12H,2,6,10,13-19H2,1H3. The SMILES string of the molecule is [B]c1c(CN2CCC3(CC2)C(=O)CCN3C2=CC=CCC2)n(CC)n(-c2ccccc2)c1=O. The largest absolute Gasteiger partial charge is 0.362 e. The number of ketones is 1. The van der Waals surface area contributed by atoms with Gasteiger partial charge < -0.3 is 4.90 Å². The molecule has 0 bridgehead atoms. The van der Waals surface area contributed by atoms with Crippen LogP contribution in [0.1, 0.15) is 44.7 Å². The molecule has 33 heavy (non-hydrogen) atoms. The maximum Gasteiger partial charge on any atom is 0.264 e. The smallest absolute Gasteiger partial charge is 0.264 e. The molecular formula is C26H31BN4O2. The number of para-hydroxylation sites is 1. The molecular weight excluding hydrogens is 411 g/mol. The van der Waals surface area contributed by atoms with Crippen molar-refractivity contribution in [1.82, 2.24) is 19.2 Å². The van der Waals surface area contributed by atoms with Crippen molar-refractivity contribution < 1.29 is 4.79 Å². The van der Waals surface area contributed by atoms with E-state index in [0.29, 0.717) is 30.8 Å². The van der Waals surface area contributed by atoms with Crippen molar-refractivity contribution in [2.45, 2.75) is 57.7 Å². The Bertz CT molecular complexity index is 1150. The van der Waals surface area contributed by atoms with Crippen molar-refractivity contribution in [3.8, 4) is 5.69 Å². The first-order valence-corrected chi connectivity index (χ1v) is 12.1. The zero-order valence-corrected chi connectivity index (χ0v) is 19.4. The van der Waals surface area contributed by atoms with E-state index in [9.17, 15) is 9.59 Å². The first-order valence-electron chi connectivity index (χ1n) is 12.1. The van der Waals surface area contributed by atoms with Crippen LogP contribution in [0, 0.1) is 0 Å². The molecule has 0 saturated carbocycles. The topological polar surface area (TPSA) is 50.5 Å². The monoisotopic (exact) mass is 442 g/mol. The molecule has 5 rings (SSSR count). The number of carbonyl (C=O) groups excluding carboxylic acids is 1. The minimum absolute atomic E-state index is 0.166.